The summed E-state index contributed by atoms with van der Waals surface area (Å²) in [5.74, 6) is -1.46. The molecule has 0 spiro atoms. The molecule has 0 fully saturated rings. The molecule has 0 bridgehead atoms. The van der Waals surface area contributed by atoms with E-state index < -0.39 is 11.6 Å². The molecule has 2 nitrogen and oxygen atoms in total. The molecular weight excluding hydrogens is 200 g/mol. The molecule has 0 saturated heterocycles. The van der Waals surface area contributed by atoms with Crippen molar-refractivity contribution in [1.82, 2.24) is 0 Å². The predicted octanol–water partition coefficient (Wildman–Crippen LogP) is 2.47. The van der Waals surface area contributed by atoms with E-state index in [1.807, 2.05) is 13.8 Å². The number of hydrogen-bond acceptors (Lipinski definition) is 2. The molecule has 0 saturated carbocycles. The number of ether oxygens (including phenoxy) is 1. The van der Waals surface area contributed by atoms with Crippen molar-refractivity contribution in [1.29, 1.82) is 0 Å². The molecule has 2 N–H and O–H groups in total. The van der Waals surface area contributed by atoms with Crippen molar-refractivity contribution >= 4 is 0 Å². The van der Waals surface area contributed by atoms with Gasteiger partial charge < -0.3 is 10.5 Å². The van der Waals surface area contributed by atoms with Crippen LogP contribution in [0.15, 0.2) is 18.2 Å². The average Bonchev–Trinajstić information content (AvgIpc) is 2.09. The molecule has 1 aromatic rings. The first-order valence-corrected chi connectivity index (χ1v) is 4.75. The molecule has 1 aromatic carbocycles. The van der Waals surface area contributed by atoms with Crippen LogP contribution < -0.4 is 10.5 Å². The molecule has 15 heavy (non-hydrogen) atoms. The molecule has 0 radical (unpaired) electrons. The van der Waals surface area contributed by atoms with Gasteiger partial charge in [0.25, 0.3) is 0 Å². The van der Waals surface area contributed by atoms with Gasteiger partial charge in [-0.05, 0) is 32.4 Å². The van der Waals surface area contributed by atoms with E-state index in [2.05, 4.69) is 0 Å². The molecule has 0 unspecified atom stereocenters. The monoisotopic (exact) mass is 215 g/mol. The molecule has 0 aliphatic rings. The lowest BCUT2D eigenvalue weighted by Crippen LogP contribution is -2.33. The highest BCUT2D eigenvalue weighted by Crippen LogP contribution is 2.16. The lowest BCUT2D eigenvalue weighted by molar-refractivity contribution is 0.272. The Bertz CT molecular complexity index is 334. The van der Waals surface area contributed by atoms with Gasteiger partial charge in [-0.15, -0.1) is 0 Å². The van der Waals surface area contributed by atoms with Crippen molar-refractivity contribution in [2.75, 3.05) is 6.61 Å². The van der Waals surface area contributed by atoms with Crippen molar-refractivity contribution in [3.8, 4) is 5.75 Å². The zero-order valence-corrected chi connectivity index (χ0v) is 8.89. The maximum Gasteiger partial charge on any atom is 0.162 e. The third kappa shape index (κ3) is 4.25. The van der Waals surface area contributed by atoms with E-state index in [0.717, 1.165) is 12.1 Å². The highest BCUT2D eigenvalue weighted by Gasteiger charge is 2.10. The fraction of sp³-hybridized carbons (Fsp3) is 0.455. The van der Waals surface area contributed by atoms with Crippen LogP contribution in [0.1, 0.15) is 20.3 Å². The van der Waals surface area contributed by atoms with Crippen LogP contribution in [0.4, 0.5) is 8.78 Å². The van der Waals surface area contributed by atoms with Gasteiger partial charge in [0.2, 0.25) is 0 Å². The first-order chi connectivity index (χ1) is 6.88. The molecule has 0 aliphatic carbocycles. The fourth-order valence-corrected chi connectivity index (χ4v) is 0.999. The van der Waals surface area contributed by atoms with E-state index in [-0.39, 0.29) is 5.54 Å². The summed E-state index contributed by atoms with van der Waals surface area (Å²) in [7, 11) is 0. The third-order valence-electron chi connectivity index (χ3n) is 1.91. The summed E-state index contributed by atoms with van der Waals surface area (Å²) >= 11 is 0. The van der Waals surface area contributed by atoms with Crippen LogP contribution in [-0.4, -0.2) is 12.1 Å². The molecule has 4 heteroatoms. The highest BCUT2D eigenvalue weighted by molar-refractivity contribution is 5.23. The van der Waals surface area contributed by atoms with Crippen molar-refractivity contribution < 1.29 is 13.5 Å². The number of nitrogens with two attached hydrogens (primary N) is 1. The van der Waals surface area contributed by atoms with E-state index in [4.69, 9.17) is 10.5 Å². The minimum absolute atomic E-state index is 0.318. The summed E-state index contributed by atoms with van der Waals surface area (Å²) in [5, 5.41) is 0. The van der Waals surface area contributed by atoms with Crippen molar-refractivity contribution in [2.45, 2.75) is 25.8 Å². The molecule has 0 amide bonds. The third-order valence-corrected chi connectivity index (χ3v) is 1.91. The molecule has 0 atom stereocenters. The zero-order valence-electron chi connectivity index (χ0n) is 8.89. The summed E-state index contributed by atoms with van der Waals surface area (Å²) in [6, 6.07) is 3.46. The minimum atomic E-state index is -0.903. The maximum atomic E-state index is 12.8. The van der Waals surface area contributed by atoms with Gasteiger partial charge in [0.05, 0.1) is 6.61 Å². The Morgan fingerprint density at radius 2 is 1.93 bits per heavy atom. The summed E-state index contributed by atoms with van der Waals surface area (Å²) in [5.41, 5.74) is 5.42. The average molecular weight is 215 g/mol. The largest absolute Gasteiger partial charge is 0.493 e. The van der Waals surface area contributed by atoms with Crippen LogP contribution in [0.5, 0.6) is 5.75 Å². The van der Waals surface area contributed by atoms with Crippen LogP contribution in [0.3, 0.4) is 0 Å². The van der Waals surface area contributed by atoms with E-state index >= 15 is 0 Å². The van der Waals surface area contributed by atoms with Gasteiger partial charge in [-0.1, -0.05) is 0 Å². The molecule has 0 heterocycles. The first kappa shape index (κ1) is 11.9. The van der Waals surface area contributed by atoms with Crippen LogP contribution >= 0.6 is 0 Å². The zero-order chi connectivity index (χ0) is 11.5. The first-order valence-electron chi connectivity index (χ1n) is 4.75. The van der Waals surface area contributed by atoms with Gasteiger partial charge in [-0.25, -0.2) is 8.78 Å². The minimum Gasteiger partial charge on any atom is -0.493 e. The Kier molecular flexibility index (Phi) is 3.63. The van der Waals surface area contributed by atoms with Gasteiger partial charge in [-0.2, -0.15) is 0 Å². The van der Waals surface area contributed by atoms with Crippen LogP contribution in [-0.2, 0) is 0 Å². The van der Waals surface area contributed by atoms with Gasteiger partial charge in [0.15, 0.2) is 11.6 Å². The molecular formula is C11H15F2NO. The van der Waals surface area contributed by atoms with Gasteiger partial charge in [0, 0.05) is 11.6 Å². The van der Waals surface area contributed by atoms with Gasteiger partial charge in [-0.3, -0.25) is 0 Å². The van der Waals surface area contributed by atoms with Crippen molar-refractivity contribution in [3.63, 3.8) is 0 Å². The second-order valence-corrected chi connectivity index (χ2v) is 4.16. The Morgan fingerprint density at radius 3 is 2.47 bits per heavy atom. The Labute approximate surface area is 88.0 Å². The number of benzene rings is 1. The summed E-state index contributed by atoms with van der Waals surface area (Å²) in [6.45, 7) is 4.14. The predicted molar refractivity (Wildman–Crippen MR) is 54.7 cm³/mol. The van der Waals surface area contributed by atoms with Crippen molar-refractivity contribution in [3.05, 3.63) is 29.8 Å². The number of halogens is 2. The normalized spacial score (nSPS) is 11.5. The molecule has 0 aromatic heterocycles. The summed E-state index contributed by atoms with van der Waals surface area (Å²) in [4.78, 5) is 0. The van der Waals surface area contributed by atoms with Crippen LogP contribution in [0.2, 0.25) is 0 Å². The Balaban J connectivity index is 2.48. The second-order valence-electron chi connectivity index (χ2n) is 4.16. The molecule has 1 rings (SSSR count). The Morgan fingerprint density at radius 1 is 1.27 bits per heavy atom. The van der Waals surface area contributed by atoms with Gasteiger partial charge >= 0.3 is 0 Å². The summed E-state index contributed by atoms with van der Waals surface area (Å²) in [6.07, 6.45) is 0.645. The number of hydrogen-bond donors (Lipinski definition) is 1. The van der Waals surface area contributed by atoms with Gasteiger partial charge in [0.1, 0.15) is 5.75 Å². The topological polar surface area (TPSA) is 35.2 Å². The van der Waals surface area contributed by atoms with E-state index in [9.17, 15) is 8.78 Å². The smallest absolute Gasteiger partial charge is 0.162 e. The maximum absolute atomic E-state index is 12.8. The second kappa shape index (κ2) is 4.57. The Hall–Kier alpha value is -1.16. The van der Waals surface area contributed by atoms with E-state index in [1.165, 1.54) is 6.07 Å². The SMILES string of the molecule is CC(C)(N)CCOc1ccc(F)c(F)c1. The van der Waals surface area contributed by atoms with Crippen LogP contribution in [0, 0.1) is 11.6 Å². The molecule has 84 valence electrons. The number of rotatable bonds is 4. The van der Waals surface area contributed by atoms with E-state index in [0.29, 0.717) is 18.8 Å². The lowest BCUT2D eigenvalue weighted by Gasteiger charge is -2.18. The quantitative estimate of drug-likeness (QED) is 0.837. The highest BCUT2D eigenvalue weighted by atomic mass is 19.2. The van der Waals surface area contributed by atoms with E-state index in [1.54, 1.807) is 0 Å². The van der Waals surface area contributed by atoms with Crippen molar-refractivity contribution in [2.24, 2.45) is 5.73 Å². The standard InChI is InChI=1S/C11H15F2NO/c1-11(2,14)5-6-15-8-3-4-9(12)10(13)7-8/h3-4,7H,5-6,14H2,1-2H3. The molecule has 0 aliphatic heterocycles. The fourth-order valence-electron chi connectivity index (χ4n) is 0.999. The van der Waals surface area contributed by atoms with Crippen LogP contribution in [0.25, 0.3) is 0 Å². The summed E-state index contributed by atoms with van der Waals surface area (Å²) < 4.78 is 30.6. The lowest BCUT2D eigenvalue weighted by atomic mass is 10.0.